The highest BCUT2D eigenvalue weighted by molar-refractivity contribution is 7.89. The van der Waals surface area contributed by atoms with Gasteiger partial charge in [-0.15, -0.1) is 0 Å². The van der Waals surface area contributed by atoms with E-state index in [9.17, 15) is 21.6 Å². The molecule has 0 amide bonds. The number of aromatic nitrogens is 4. The van der Waals surface area contributed by atoms with E-state index in [0.29, 0.717) is 34.2 Å². The second-order valence-electron chi connectivity index (χ2n) is 7.01. The van der Waals surface area contributed by atoms with Gasteiger partial charge in [0, 0.05) is 23.0 Å². The van der Waals surface area contributed by atoms with Gasteiger partial charge in [0.25, 0.3) is 0 Å². The lowest BCUT2D eigenvalue weighted by Crippen LogP contribution is -2.11. The molecule has 11 heteroatoms. The molecule has 7 nitrogen and oxygen atoms in total. The normalized spacial score (nSPS) is 12.2. The summed E-state index contributed by atoms with van der Waals surface area (Å²) in [5.41, 5.74) is 2.08. The Labute approximate surface area is 181 Å². The van der Waals surface area contributed by atoms with E-state index in [0.717, 1.165) is 12.1 Å². The van der Waals surface area contributed by atoms with Gasteiger partial charge in [-0.3, -0.25) is 4.57 Å². The van der Waals surface area contributed by atoms with Gasteiger partial charge in [-0.1, -0.05) is 24.3 Å². The van der Waals surface area contributed by atoms with E-state index in [4.69, 9.17) is 5.14 Å². The minimum absolute atomic E-state index is 0.0103. The summed E-state index contributed by atoms with van der Waals surface area (Å²) in [4.78, 5) is 13.1. The average Bonchev–Trinajstić information content (AvgIpc) is 3.23. The van der Waals surface area contributed by atoms with Crippen molar-refractivity contribution in [2.24, 2.45) is 5.14 Å². The average molecular weight is 459 g/mol. The number of rotatable bonds is 4. The third-order valence-corrected chi connectivity index (χ3v) is 5.57. The Balaban J connectivity index is 1.66. The first kappa shape index (κ1) is 21.7. The van der Waals surface area contributed by atoms with Crippen molar-refractivity contribution in [3.63, 3.8) is 0 Å². The van der Waals surface area contributed by atoms with Gasteiger partial charge in [0.15, 0.2) is 0 Å². The first-order chi connectivity index (χ1) is 15.0. The van der Waals surface area contributed by atoms with E-state index in [1.54, 1.807) is 35.9 Å². The zero-order chi connectivity index (χ0) is 23.1. The molecular formula is C21H16F3N5O2S. The molecule has 0 atom stereocenters. The van der Waals surface area contributed by atoms with Crippen molar-refractivity contribution >= 4 is 10.0 Å². The Hall–Kier alpha value is -3.57. The smallest absolute Gasteiger partial charge is 0.274 e. The molecule has 0 radical (unpaired) electrons. The molecule has 0 spiro atoms. The number of nitrogens with zero attached hydrogens (tertiary/aromatic N) is 4. The maximum atomic E-state index is 12.8. The minimum Gasteiger partial charge on any atom is -0.274 e. The zero-order valence-corrected chi connectivity index (χ0v) is 17.4. The van der Waals surface area contributed by atoms with Gasteiger partial charge in [0.2, 0.25) is 16.0 Å². The lowest BCUT2D eigenvalue weighted by atomic mass is 10.1. The van der Waals surface area contributed by atoms with E-state index in [2.05, 4.69) is 15.0 Å². The van der Waals surface area contributed by atoms with E-state index < -0.39 is 21.8 Å². The highest BCUT2D eigenvalue weighted by Gasteiger charge is 2.30. The number of alkyl halides is 3. The minimum atomic E-state index is -4.41. The van der Waals surface area contributed by atoms with Crippen molar-refractivity contribution in [1.82, 2.24) is 19.5 Å². The number of nitrogens with two attached hydrogens (primary N) is 1. The first-order valence-corrected chi connectivity index (χ1v) is 10.8. The summed E-state index contributed by atoms with van der Waals surface area (Å²) in [6, 6.07) is 12.3. The summed E-state index contributed by atoms with van der Waals surface area (Å²) < 4.78 is 62.8. The van der Waals surface area contributed by atoms with E-state index in [1.807, 2.05) is 0 Å². The van der Waals surface area contributed by atoms with Crippen molar-refractivity contribution in [3.8, 4) is 28.5 Å². The number of imidazole rings is 1. The Bertz CT molecular complexity index is 1380. The van der Waals surface area contributed by atoms with Crippen molar-refractivity contribution in [1.29, 1.82) is 0 Å². The molecule has 2 heterocycles. The fourth-order valence-electron chi connectivity index (χ4n) is 3.04. The number of hydrogen-bond donors (Lipinski definition) is 1. The van der Waals surface area contributed by atoms with Gasteiger partial charge in [-0.2, -0.15) is 13.2 Å². The molecule has 0 saturated carbocycles. The topological polar surface area (TPSA) is 104 Å². The van der Waals surface area contributed by atoms with Crippen LogP contribution in [0.5, 0.6) is 0 Å². The van der Waals surface area contributed by atoms with E-state index >= 15 is 0 Å². The zero-order valence-electron chi connectivity index (χ0n) is 16.6. The van der Waals surface area contributed by atoms with Crippen molar-refractivity contribution < 1.29 is 21.6 Å². The monoisotopic (exact) mass is 459 g/mol. The molecule has 0 fully saturated rings. The Kier molecular flexibility index (Phi) is 5.31. The summed E-state index contributed by atoms with van der Waals surface area (Å²) in [6.07, 6.45) is -1.25. The molecule has 0 aliphatic rings. The number of benzene rings is 2. The van der Waals surface area contributed by atoms with E-state index in [-0.39, 0.29) is 4.90 Å². The molecule has 0 aliphatic heterocycles. The van der Waals surface area contributed by atoms with E-state index in [1.165, 1.54) is 30.6 Å². The van der Waals surface area contributed by atoms with Crippen LogP contribution in [0, 0.1) is 6.92 Å². The number of hydrogen-bond acceptors (Lipinski definition) is 5. The second kappa shape index (κ2) is 7.84. The summed E-state index contributed by atoms with van der Waals surface area (Å²) in [6.45, 7) is 1.75. The second-order valence-corrected chi connectivity index (χ2v) is 8.57. The molecule has 0 unspecified atom stereocenters. The van der Waals surface area contributed by atoms with Crippen molar-refractivity contribution in [3.05, 3.63) is 78.4 Å². The predicted octanol–water partition coefficient (Wildman–Crippen LogP) is 3.97. The van der Waals surface area contributed by atoms with Crippen molar-refractivity contribution in [2.45, 2.75) is 18.0 Å². The molecule has 2 aromatic carbocycles. The van der Waals surface area contributed by atoms with Crippen LogP contribution >= 0.6 is 0 Å². The predicted molar refractivity (Wildman–Crippen MR) is 111 cm³/mol. The quantitative estimate of drug-likeness (QED) is 0.497. The van der Waals surface area contributed by atoms with Crippen LogP contribution in [0.1, 0.15) is 11.3 Å². The highest BCUT2D eigenvalue weighted by atomic mass is 32.2. The summed E-state index contributed by atoms with van der Waals surface area (Å²) in [5.74, 6) is 0.291. The lowest BCUT2D eigenvalue weighted by molar-refractivity contribution is -0.137. The first-order valence-electron chi connectivity index (χ1n) is 9.22. The third kappa shape index (κ3) is 4.53. The van der Waals surface area contributed by atoms with Gasteiger partial charge in [-0.05, 0) is 37.3 Å². The van der Waals surface area contributed by atoms with Crippen LogP contribution in [-0.4, -0.2) is 27.9 Å². The standard InChI is InChI=1S/C21H16F3N5O2S/c1-13-10-18(14-2-6-16(7-3-14)21(22,23)24)28-20(27-13)29-11-19(26-12-29)15-4-8-17(9-5-15)32(25,30)31/h2-12H,1H3,(H2,25,30,31). The number of aryl methyl sites for hydroxylation is 1. The Morgan fingerprint density at radius 1 is 0.906 bits per heavy atom. The highest BCUT2D eigenvalue weighted by Crippen LogP contribution is 2.31. The maximum absolute atomic E-state index is 12.8. The van der Waals surface area contributed by atoms with Gasteiger partial charge in [0.1, 0.15) is 6.33 Å². The van der Waals surface area contributed by atoms with Crippen LogP contribution in [0.25, 0.3) is 28.5 Å². The Morgan fingerprint density at radius 2 is 1.50 bits per heavy atom. The van der Waals surface area contributed by atoms with Gasteiger partial charge < -0.3 is 0 Å². The molecule has 164 valence electrons. The number of sulfonamides is 1. The Morgan fingerprint density at radius 3 is 2.09 bits per heavy atom. The number of primary sulfonamides is 1. The van der Waals surface area contributed by atoms with Crippen LogP contribution in [0.2, 0.25) is 0 Å². The molecule has 0 saturated heterocycles. The van der Waals surface area contributed by atoms with Crippen molar-refractivity contribution in [2.75, 3.05) is 0 Å². The van der Waals surface area contributed by atoms with Crippen LogP contribution in [0.3, 0.4) is 0 Å². The van der Waals surface area contributed by atoms with Crippen LogP contribution < -0.4 is 5.14 Å². The molecule has 2 N–H and O–H groups in total. The largest absolute Gasteiger partial charge is 0.416 e. The number of halogens is 3. The van der Waals surface area contributed by atoms with Gasteiger partial charge in [0.05, 0.1) is 21.8 Å². The fourth-order valence-corrected chi connectivity index (χ4v) is 3.56. The summed E-state index contributed by atoms with van der Waals surface area (Å²) >= 11 is 0. The van der Waals surface area contributed by atoms with Gasteiger partial charge >= 0.3 is 6.18 Å². The fraction of sp³-hybridized carbons (Fsp3) is 0.0952. The molecule has 2 aromatic heterocycles. The van der Waals surface area contributed by atoms with Crippen LogP contribution in [0.4, 0.5) is 13.2 Å². The summed E-state index contributed by atoms with van der Waals surface area (Å²) in [5, 5.41) is 5.11. The molecule has 32 heavy (non-hydrogen) atoms. The molecule has 0 aliphatic carbocycles. The van der Waals surface area contributed by atoms with Gasteiger partial charge in [-0.25, -0.2) is 28.5 Å². The SMILES string of the molecule is Cc1cc(-c2ccc(C(F)(F)F)cc2)nc(-n2cnc(-c3ccc(S(N)(=O)=O)cc3)c2)n1. The van der Waals surface area contributed by atoms with Crippen LogP contribution in [0.15, 0.2) is 72.0 Å². The maximum Gasteiger partial charge on any atom is 0.416 e. The summed E-state index contributed by atoms with van der Waals surface area (Å²) in [7, 11) is -3.79. The third-order valence-electron chi connectivity index (χ3n) is 4.64. The lowest BCUT2D eigenvalue weighted by Gasteiger charge is -2.09. The molecule has 0 bridgehead atoms. The molecular weight excluding hydrogens is 443 g/mol. The van der Waals surface area contributed by atoms with Crippen LogP contribution in [-0.2, 0) is 16.2 Å². The molecule has 4 rings (SSSR count). The molecule has 4 aromatic rings.